The number of aliphatic hydroxyl groups is 1. The number of nitrogens with one attached hydrogen (secondary N) is 2. The summed E-state index contributed by atoms with van der Waals surface area (Å²) in [5, 5.41) is 19.1. The van der Waals surface area contributed by atoms with Crippen LogP contribution in [-0.2, 0) is 9.53 Å². The number of hydrogen-bond acceptors (Lipinski definition) is 6. The van der Waals surface area contributed by atoms with Gasteiger partial charge in [-0.05, 0) is 37.6 Å². The van der Waals surface area contributed by atoms with Crippen molar-refractivity contribution in [1.29, 1.82) is 0 Å². The second-order valence-corrected chi connectivity index (χ2v) is 6.69. The van der Waals surface area contributed by atoms with Gasteiger partial charge in [0, 0.05) is 18.3 Å². The van der Waals surface area contributed by atoms with Gasteiger partial charge in [0.2, 0.25) is 0 Å². The Morgan fingerprint density at radius 2 is 1.83 bits per heavy atom. The highest BCUT2D eigenvalue weighted by atomic mass is 16.5. The fourth-order valence-corrected chi connectivity index (χ4v) is 2.97. The molecule has 0 bridgehead atoms. The van der Waals surface area contributed by atoms with E-state index in [0.717, 1.165) is 16.9 Å². The summed E-state index contributed by atoms with van der Waals surface area (Å²) in [6.45, 7) is 3.58. The van der Waals surface area contributed by atoms with Crippen LogP contribution in [0.2, 0.25) is 0 Å². The molecule has 0 saturated carbocycles. The third-order valence-corrected chi connectivity index (χ3v) is 4.35. The number of para-hydroxylation sites is 2. The van der Waals surface area contributed by atoms with E-state index in [1.54, 1.807) is 35.0 Å². The molecule has 0 fully saturated rings. The van der Waals surface area contributed by atoms with Crippen molar-refractivity contribution >= 4 is 23.4 Å². The van der Waals surface area contributed by atoms with Gasteiger partial charge in [0.15, 0.2) is 6.61 Å². The first kappa shape index (κ1) is 21.1. The van der Waals surface area contributed by atoms with E-state index in [4.69, 9.17) is 9.84 Å². The second kappa shape index (κ2) is 9.71. The van der Waals surface area contributed by atoms with Crippen molar-refractivity contribution in [3.8, 4) is 5.69 Å². The lowest BCUT2D eigenvalue weighted by atomic mass is 10.2. The number of aryl methyl sites for hydroxylation is 2. The number of ether oxygens (including phenoxy) is 1. The van der Waals surface area contributed by atoms with E-state index in [1.807, 2.05) is 38.1 Å². The number of carbonyl (C=O) groups is 2. The molecule has 3 N–H and O–H groups in total. The molecule has 30 heavy (non-hydrogen) atoms. The quantitative estimate of drug-likeness (QED) is 0.495. The number of aliphatic hydroxyl groups excluding tert-OH is 1. The van der Waals surface area contributed by atoms with Gasteiger partial charge in [-0.3, -0.25) is 4.79 Å². The minimum Gasteiger partial charge on any atom is -0.452 e. The molecular formula is C22H24N4O4. The first-order chi connectivity index (χ1) is 14.5. The number of benzene rings is 2. The largest absolute Gasteiger partial charge is 0.452 e. The summed E-state index contributed by atoms with van der Waals surface area (Å²) < 4.78 is 6.83. The van der Waals surface area contributed by atoms with E-state index >= 15 is 0 Å². The lowest BCUT2D eigenvalue weighted by Gasteiger charge is -2.12. The zero-order valence-corrected chi connectivity index (χ0v) is 16.9. The van der Waals surface area contributed by atoms with Gasteiger partial charge < -0.3 is 20.5 Å². The van der Waals surface area contributed by atoms with Crippen molar-refractivity contribution in [3.63, 3.8) is 0 Å². The number of nitrogens with zero attached hydrogens (tertiary/aromatic N) is 2. The zero-order chi connectivity index (χ0) is 21.5. The molecule has 1 amide bonds. The van der Waals surface area contributed by atoms with Crippen LogP contribution in [0.25, 0.3) is 5.69 Å². The summed E-state index contributed by atoms with van der Waals surface area (Å²) in [5.74, 6) is -0.610. The molecule has 3 aromatic rings. The summed E-state index contributed by atoms with van der Waals surface area (Å²) in [4.78, 5) is 24.8. The number of esters is 1. The maximum absolute atomic E-state index is 12.4. The van der Waals surface area contributed by atoms with Gasteiger partial charge in [-0.2, -0.15) is 5.10 Å². The van der Waals surface area contributed by atoms with Gasteiger partial charge in [0.25, 0.3) is 5.91 Å². The van der Waals surface area contributed by atoms with Crippen LogP contribution in [0.1, 0.15) is 21.6 Å². The van der Waals surface area contributed by atoms with Crippen molar-refractivity contribution < 1.29 is 19.4 Å². The van der Waals surface area contributed by atoms with Crippen LogP contribution in [0.4, 0.5) is 11.5 Å². The third kappa shape index (κ3) is 5.03. The number of hydrogen-bond donors (Lipinski definition) is 3. The van der Waals surface area contributed by atoms with Gasteiger partial charge >= 0.3 is 5.97 Å². The van der Waals surface area contributed by atoms with Gasteiger partial charge in [0.05, 0.1) is 23.6 Å². The first-order valence-electron chi connectivity index (χ1n) is 9.53. The topological polar surface area (TPSA) is 105 Å². The summed E-state index contributed by atoms with van der Waals surface area (Å²) in [7, 11) is 0. The Kier molecular flexibility index (Phi) is 6.82. The van der Waals surface area contributed by atoms with Crippen LogP contribution in [0.5, 0.6) is 0 Å². The maximum Gasteiger partial charge on any atom is 0.340 e. The minimum atomic E-state index is -0.630. The normalized spacial score (nSPS) is 10.5. The molecular weight excluding hydrogens is 384 g/mol. The summed E-state index contributed by atoms with van der Waals surface area (Å²) >= 11 is 0. The monoisotopic (exact) mass is 408 g/mol. The summed E-state index contributed by atoms with van der Waals surface area (Å²) in [6.07, 6.45) is 0. The van der Waals surface area contributed by atoms with Crippen LogP contribution < -0.4 is 10.6 Å². The molecule has 0 spiro atoms. The third-order valence-electron chi connectivity index (χ3n) is 4.35. The number of carbonyl (C=O) groups excluding carboxylic acids is 2. The molecule has 0 atom stereocenters. The number of amides is 1. The molecule has 0 aliphatic carbocycles. The Morgan fingerprint density at radius 3 is 2.60 bits per heavy atom. The molecule has 0 aliphatic rings. The van der Waals surface area contributed by atoms with E-state index < -0.39 is 18.5 Å². The van der Waals surface area contributed by atoms with Crippen LogP contribution in [-0.4, -0.2) is 46.5 Å². The van der Waals surface area contributed by atoms with Crippen molar-refractivity contribution in [2.75, 3.05) is 30.4 Å². The molecule has 1 aromatic heterocycles. The molecule has 0 radical (unpaired) electrons. The summed E-state index contributed by atoms with van der Waals surface area (Å²) in [6, 6.07) is 16.2. The first-order valence-corrected chi connectivity index (χ1v) is 9.53. The van der Waals surface area contributed by atoms with E-state index in [-0.39, 0.29) is 6.61 Å². The molecule has 8 nitrogen and oxygen atoms in total. The molecule has 3 rings (SSSR count). The highest BCUT2D eigenvalue weighted by molar-refractivity contribution is 5.98. The minimum absolute atomic E-state index is 0.0697. The smallest absolute Gasteiger partial charge is 0.340 e. The summed E-state index contributed by atoms with van der Waals surface area (Å²) in [5.41, 5.74) is 3.43. The number of rotatable bonds is 8. The fraction of sp³-hybridized carbons (Fsp3) is 0.227. The second-order valence-electron chi connectivity index (χ2n) is 6.69. The van der Waals surface area contributed by atoms with Crippen molar-refractivity contribution in [2.24, 2.45) is 0 Å². The van der Waals surface area contributed by atoms with Crippen LogP contribution in [0.15, 0.2) is 54.6 Å². The van der Waals surface area contributed by atoms with Crippen molar-refractivity contribution in [3.05, 3.63) is 71.4 Å². The van der Waals surface area contributed by atoms with Crippen LogP contribution in [0, 0.1) is 13.8 Å². The molecule has 2 aromatic carbocycles. The molecule has 8 heteroatoms. The Labute approximate surface area is 174 Å². The molecule has 156 valence electrons. The van der Waals surface area contributed by atoms with E-state index in [9.17, 15) is 9.59 Å². The molecule has 0 unspecified atom stereocenters. The Hall–Kier alpha value is -3.65. The Bertz CT molecular complexity index is 1050. The Morgan fingerprint density at radius 1 is 1.10 bits per heavy atom. The van der Waals surface area contributed by atoms with E-state index in [2.05, 4.69) is 15.7 Å². The lowest BCUT2D eigenvalue weighted by molar-refractivity contribution is -0.119. The van der Waals surface area contributed by atoms with Gasteiger partial charge in [0.1, 0.15) is 5.82 Å². The van der Waals surface area contributed by atoms with Crippen LogP contribution >= 0.6 is 0 Å². The highest BCUT2D eigenvalue weighted by Gasteiger charge is 2.16. The van der Waals surface area contributed by atoms with E-state index in [1.165, 1.54) is 0 Å². The zero-order valence-electron chi connectivity index (χ0n) is 16.9. The number of anilines is 2. The number of aromatic nitrogens is 2. The van der Waals surface area contributed by atoms with Gasteiger partial charge in [-0.25, -0.2) is 9.48 Å². The molecule has 0 saturated heterocycles. The standard InChI is InChI=1S/C22H24N4O4/c1-15-7-3-6-10-19(15)26-20(13-16(2)25-26)24-21(28)14-30-22(29)17-8-4-5-9-18(17)23-11-12-27/h3-10,13,23,27H,11-12,14H2,1-2H3,(H,24,28). The predicted octanol–water partition coefficient (Wildman–Crippen LogP) is 2.69. The SMILES string of the molecule is Cc1cc(NC(=O)COC(=O)c2ccccc2NCCO)n(-c2ccccc2C)n1. The Balaban J connectivity index is 1.67. The van der Waals surface area contributed by atoms with Crippen molar-refractivity contribution in [2.45, 2.75) is 13.8 Å². The van der Waals surface area contributed by atoms with Gasteiger partial charge in [-0.1, -0.05) is 30.3 Å². The molecule has 1 heterocycles. The van der Waals surface area contributed by atoms with Crippen LogP contribution in [0.3, 0.4) is 0 Å². The predicted molar refractivity (Wildman–Crippen MR) is 114 cm³/mol. The molecule has 0 aliphatic heterocycles. The maximum atomic E-state index is 12.4. The fourth-order valence-electron chi connectivity index (χ4n) is 2.97. The lowest BCUT2D eigenvalue weighted by Crippen LogP contribution is -2.23. The van der Waals surface area contributed by atoms with Crippen molar-refractivity contribution in [1.82, 2.24) is 9.78 Å². The average molecular weight is 408 g/mol. The highest BCUT2D eigenvalue weighted by Crippen LogP contribution is 2.20. The van der Waals surface area contributed by atoms with E-state index in [0.29, 0.717) is 23.6 Å². The average Bonchev–Trinajstić information content (AvgIpc) is 3.10. The van der Waals surface area contributed by atoms with Gasteiger partial charge in [-0.15, -0.1) is 0 Å².